The fraction of sp³-hybridized carbons (Fsp3) is 0.417. The van der Waals surface area contributed by atoms with Gasteiger partial charge in [0, 0.05) is 44.5 Å². The third-order valence-corrected chi connectivity index (χ3v) is 7.20. The minimum absolute atomic E-state index is 0.0521. The molecule has 1 heterocycles. The number of nitrogens with one attached hydrogen (secondary N) is 2. The van der Waals surface area contributed by atoms with E-state index in [0.717, 1.165) is 24.3 Å². The average Bonchev–Trinajstić information content (AvgIpc) is 2.81. The highest BCUT2D eigenvalue weighted by atomic mass is 32.2. The Morgan fingerprint density at radius 2 is 1.74 bits per heavy atom. The van der Waals surface area contributed by atoms with Crippen molar-refractivity contribution in [3.05, 3.63) is 53.6 Å². The highest BCUT2D eigenvalue weighted by Crippen LogP contribution is 2.19. The number of carbonyl (C=O) groups excluding carboxylic acids is 2. The quantitative estimate of drug-likeness (QED) is 0.558. The molecule has 0 aliphatic carbocycles. The number of amides is 2. The number of benzene rings is 2. The predicted molar refractivity (Wildman–Crippen MR) is 131 cm³/mol. The zero-order chi connectivity index (χ0) is 24.7. The fourth-order valence-corrected chi connectivity index (χ4v) is 5.00. The second-order valence-corrected chi connectivity index (χ2v) is 10.1. The number of morpholine rings is 1. The van der Waals surface area contributed by atoms with E-state index in [1.807, 2.05) is 37.3 Å². The van der Waals surface area contributed by atoms with Crippen LogP contribution in [0.1, 0.15) is 17.5 Å². The first-order chi connectivity index (χ1) is 16.2. The van der Waals surface area contributed by atoms with Crippen LogP contribution in [0.3, 0.4) is 0 Å². The first kappa shape index (κ1) is 25.7. The first-order valence-electron chi connectivity index (χ1n) is 11.2. The van der Waals surface area contributed by atoms with Crippen molar-refractivity contribution in [2.24, 2.45) is 0 Å². The maximum Gasteiger partial charge on any atom is 0.243 e. The Labute approximate surface area is 201 Å². The van der Waals surface area contributed by atoms with Crippen molar-refractivity contribution in [1.82, 2.24) is 9.62 Å². The second kappa shape index (κ2) is 11.5. The summed E-state index contributed by atoms with van der Waals surface area (Å²) in [6.07, 6.45) is -0.0535. The van der Waals surface area contributed by atoms with Gasteiger partial charge in [-0.3, -0.25) is 9.59 Å². The molecule has 0 bridgehead atoms. The number of hydrogen-bond donors (Lipinski definition) is 2. The minimum atomic E-state index is -3.72. The molecule has 184 valence electrons. The minimum Gasteiger partial charge on any atom is -0.378 e. The summed E-state index contributed by atoms with van der Waals surface area (Å²) >= 11 is 0. The van der Waals surface area contributed by atoms with Gasteiger partial charge in [-0.25, -0.2) is 13.1 Å². The van der Waals surface area contributed by atoms with Gasteiger partial charge in [0.1, 0.15) is 0 Å². The molecule has 0 radical (unpaired) electrons. The average molecular weight is 489 g/mol. The van der Waals surface area contributed by atoms with E-state index in [1.165, 1.54) is 11.9 Å². The summed E-state index contributed by atoms with van der Waals surface area (Å²) in [4.78, 5) is 28.4. The molecule has 1 aliphatic heterocycles. The molecule has 0 unspecified atom stereocenters. The molecule has 2 aromatic rings. The summed E-state index contributed by atoms with van der Waals surface area (Å²) < 4.78 is 32.9. The van der Waals surface area contributed by atoms with Gasteiger partial charge >= 0.3 is 0 Å². The molecule has 1 saturated heterocycles. The van der Waals surface area contributed by atoms with Gasteiger partial charge in [0.25, 0.3) is 0 Å². The van der Waals surface area contributed by atoms with E-state index in [-0.39, 0.29) is 36.2 Å². The van der Waals surface area contributed by atoms with Crippen molar-refractivity contribution in [3.8, 4) is 0 Å². The van der Waals surface area contributed by atoms with Crippen LogP contribution in [-0.2, 0) is 24.3 Å². The van der Waals surface area contributed by atoms with Crippen molar-refractivity contribution in [3.63, 3.8) is 0 Å². The lowest BCUT2D eigenvalue weighted by atomic mass is 10.2. The zero-order valence-electron chi connectivity index (χ0n) is 19.8. The lowest BCUT2D eigenvalue weighted by Gasteiger charge is -2.28. The van der Waals surface area contributed by atoms with Crippen LogP contribution < -0.4 is 14.9 Å². The standard InChI is InChI=1S/C24H32N4O5S/c1-18-4-5-19(2)22(16-18)34(31,32)25-11-10-24(30)27(3)17-23(29)26-20-6-8-21(9-7-20)28-12-14-33-15-13-28/h4-9,16,25H,10-15,17H2,1-3H3,(H,26,29). The van der Waals surface area contributed by atoms with E-state index < -0.39 is 10.0 Å². The molecule has 1 aliphatic rings. The SMILES string of the molecule is Cc1ccc(C)c(S(=O)(=O)NCCC(=O)N(C)CC(=O)Nc2ccc(N3CCOCC3)cc2)c1. The molecule has 9 nitrogen and oxygen atoms in total. The molecule has 2 N–H and O–H groups in total. The number of sulfonamides is 1. The second-order valence-electron chi connectivity index (χ2n) is 8.36. The number of likely N-dealkylation sites (N-methyl/N-ethyl adjacent to an activating group) is 1. The van der Waals surface area contributed by atoms with Gasteiger partial charge in [-0.15, -0.1) is 0 Å². The summed E-state index contributed by atoms with van der Waals surface area (Å²) in [6, 6.07) is 12.7. The number of anilines is 2. The van der Waals surface area contributed by atoms with Crippen LogP contribution in [-0.4, -0.2) is 71.6 Å². The number of rotatable bonds is 9. The van der Waals surface area contributed by atoms with E-state index in [1.54, 1.807) is 19.1 Å². The summed E-state index contributed by atoms with van der Waals surface area (Å²) in [5.74, 6) is -0.660. The molecule has 0 spiro atoms. The van der Waals surface area contributed by atoms with Crippen LogP contribution in [0.2, 0.25) is 0 Å². The normalized spacial score (nSPS) is 14.0. The molecule has 10 heteroatoms. The van der Waals surface area contributed by atoms with Gasteiger partial charge in [-0.05, 0) is 55.3 Å². The van der Waals surface area contributed by atoms with E-state index in [4.69, 9.17) is 4.74 Å². The van der Waals surface area contributed by atoms with Gasteiger partial charge in [0.05, 0.1) is 24.7 Å². The van der Waals surface area contributed by atoms with Gasteiger partial charge in [0.15, 0.2) is 0 Å². The Bertz CT molecular complexity index is 1110. The summed E-state index contributed by atoms with van der Waals surface area (Å²) in [5.41, 5.74) is 3.18. The maximum atomic E-state index is 12.6. The van der Waals surface area contributed by atoms with Crippen LogP contribution in [0.25, 0.3) is 0 Å². The van der Waals surface area contributed by atoms with Crippen LogP contribution >= 0.6 is 0 Å². The molecule has 0 saturated carbocycles. The third kappa shape index (κ3) is 7.02. The van der Waals surface area contributed by atoms with Crippen molar-refractivity contribution < 1.29 is 22.7 Å². The monoisotopic (exact) mass is 488 g/mol. The van der Waals surface area contributed by atoms with Gasteiger partial charge in [-0.1, -0.05) is 12.1 Å². The van der Waals surface area contributed by atoms with Crippen LogP contribution in [0.4, 0.5) is 11.4 Å². The van der Waals surface area contributed by atoms with E-state index >= 15 is 0 Å². The van der Waals surface area contributed by atoms with Gasteiger partial charge in [-0.2, -0.15) is 0 Å². The van der Waals surface area contributed by atoms with E-state index in [0.29, 0.717) is 24.5 Å². The Kier molecular flexibility index (Phi) is 8.65. The fourth-order valence-electron chi connectivity index (χ4n) is 3.64. The number of ether oxygens (including phenoxy) is 1. The molecule has 34 heavy (non-hydrogen) atoms. The summed E-state index contributed by atoms with van der Waals surface area (Å²) in [6.45, 7) is 6.43. The number of aryl methyl sites for hydroxylation is 2. The smallest absolute Gasteiger partial charge is 0.243 e. The molecule has 1 fully saturated rings. The van der Waals surface area contributed by atoms with Crippen molar-refractivity contribution in [1.29, 1.82) is 0 Å². The molecule has 0 aromatic heterocycles. The Balaban J connectivity index is 1.44. The molecule has 2 aromatic carbocycles. The molecule has 0 atom stereocenters. The molecule has 2 amide bonds. The Hall–Kier alpha value is -2.95. The Morgan fingerprint density at radius 1 is 1.06 bits per heavy atom. The highest BCUT2D eigenvalue weighted by Gasteiger charge is 2.19. The topological polar surface area (TPSA) is 108 Å². The number of nitrogens with zero attached hydrogens (tertiary/aromatic N) is 2. The molecular weight excluding hydrogens is 456 g/mol. The van der Waals surface area contributed by atoms with Crippen molar-refractivity contribution >= 4 is 33.2 Å². The predicted octanol–water partition coefficient (Wildman–Crippen LogP) is 1.91. The molecular formula is C24H32N4O5S. The lowest BCUT2D eigenvalue weighted by molar-refractivity contribution is -0.133. The first-order valence-corrected chi connectivity index (χ1v) is 12.7. The Morgan fingerprint density at radius 3 is 2.41 bits per heavy atom. The van der Waals surface area contributed by atoms with Crippen LogP contribution in [0, 0.1) is 13.8 Å². The van der Waals surface area contributed by atoms with Crippen molar-refractivity contribution in [2.75, 3.05) is 56.7 Å². The lowest BCUT2D eigenvalue weighted by Crippen LogP contribution is -2.37. The number of hydrogen-bond acceptors (Lipinski definition) is 6. The zero-order valence-corrected chi connectivity index (χ0v) is 20.7. The van der Waals surface area contributed by atoms with E-state index in [2.05, 4.69) is 14.9 Å². The largest absolute Gasteiger partial charge is 0.378 e. The highest BCUT2D eigenvalue weighted by molar-refractivity contribution is 7.89. The van der Waals surface area contributed by atoms with Crippen LogP contribution in [0.15, 0.2) is 47.4 Å². The number of carbonyl (C=O) groups is 2. The van der Waals surface area contributed by atoms with Crippen LogP contribution in [0.5, 0.6) is 0 Å². The third-order valence-electron chi connectivity index (χ3n) is 5.60. The van der Waals surface area contributed by atoms with Crippen molar-refractivity contribution in [2.45, 2.75) is 25.2 Å². The van der Waals surface area contributed by atoms with E-state index in [9.17, 15) is 18.0 Å². The van der Waals surface area contributed by atoms with Gasteiger partial charge in [0.2, 0.25) is 21.8 Å². The maximum absolute atomic E-state index is 12.6. The summed E-state index contributed by atoms with van der Waals surface area (Å²) in [5, 5.41) is 2.78. The molecule has 3 rings (SSSR count). The van der Waals surface area contributed by atoms with Gasteiger partial charge < -0.3 is 19.9 Å². The summed E-state index contributed by atoms with van der Waals surface area (Å²) in [7, 11) is -2.20.